The fraction of sp³-hybridized carbons (Fsp3) is 0.400. The Morgan fingerprint density at radius 1 is 1.33 bits per heavy atom. The van der Waals surface area contributed by atoms with E-state index in [2.05, 4.69) is 0 Å². The molecule has 0 saturated heterocycles. The second kappa shape index (κ2) is 4.51. The van der Waals surface area contributed by atoms with Crippen LogP contribution in [0.25, 0.3) is 0 Å². The molecule has 84 valence electrons. The Bertz CT molecular complexity index is 319. The number of rotatable bonds is 3. The van der Waals surface area contributed by atoms with Gasteiger partial charge in [-0.25, -0.2) is 4.39 Å². The van der Waals surface area contributed by atoms with Crippen molar-refractivity contribution in [3.63, 3.8) is 0 Å². The summed E-state index contributed by atoms with van der Waals surface area (Å²) in [4.78, 5) is 0. The molecule has 1 nitrogen and oxygen atoms in total. The second-order valence-electron chi connectivity index (χ2n) is 3.12. The van der Waals surface area contributed by atoms with Crippen LogP contribution < -0.4 is 4.74 Å². The molecule has 1 rings (SSSR count). The van der Waals surface area contributed by atoms with Gasteiger partial charge in [0.25, 0.3) is 0 Å². The highest BCUT2D eigenvalue weighted by molar-refractivity contribution is 5.30. The average Bonchev–Trinajstić information content (AvgIpc) is 2.14. The summed E-state index contributed by atoms with van der Waals surface area (Å²) in [6.07, 6.45) is -5.61. The van der Waals surface area contributed by atoms with E-state index in [1.165, 1.54) is 19.1 Å². The Morgan fingerprint density at radius 2 is 2.00 bits per heavy atom. The first-order chi connectivity index (χ1) is 6.89. The Labute approximate surface area is 84.7 Å². The standard InChI is InChI=1S/C10H10F4O/c1-7(11)6-15-9-4-2-3-8(5-9)10(12,13)14/h2-5,7H,6H2,1H3/t7-/m0/s1. The molecule has 1 aromatic carbocycles. The summed E-state index contributed by atoms with van der Waals surface area (Å²) in [6.45, 7) is 1.02. The summed E-state index contributed by atoms with van der Waals surface area (Å²) < 4.78 is 53.9. The summed E-state index contributed by atoms with van der Waals surface area (Å²) in [5, 5.41) is 0. The Hall–Kier alpha value is -1.26. The minimum atomic E-state index is -4.40. The van der Waals surface area contributed by atoms with Gasteiger partial charge in [-0.15, -0.1) is 0 Å². The van der Waals surface area contributed by atoms with E-state index in [-0.39, 0.29) is 12.4 Å². The van der Waals surface area contributed by atoms with Crippen LogP contribution in [-0.2, 0) is 6.18 Å². The Balaban J connectivity index is 2.75. The maximum Gasteiger partial charge on any atom is 0.416 e. The zero-order chi connectivity index (χ0) is 11.5. The van der Waals surface area contributed by atoms with Crippen LogP contribution in [0.5, 0.6) is 5.75 Å². The summed E-state index contributed by atoms with van der Waals surface area (Å²) in [5.74, 6) is 0.0225. The molecule has 0 radical (unpaired) electrons. The van der Waals surface area contributed by atoms with Gasteiger partial charge in [-0.2, -0.15) is 13.2 Å². The first kappa shape index (κ1) is 11.8. The molecule has 0 fully saturated rings. The Morgan fingerprint density at radius 3 is 2.53 bits per heavy atom. The molecule has 0 N–H and O–H groups in total. The van der Waals surface area contributed by atoms with Gasteiger partial charge in [0.05, 0.1) is 5.56 Å². The van der Waals surface area contributed by atoms with Crippen LogP contribution in [0.15, 0.2) is 24.3 Å². The third kappa shape index (κ3) is 3.77. The van der Waals surface area contributed by atoms with Crippen LogP contribution in [0.4, 0.5) is 17.6 Å². The van der Waals surface area contributed by atoms with Gasteiger partial charge in [0.1, 0.15) is 18.5 Å². The number of hydrogen-bond donors (Lipinski definition) is 0. The molecule has 0 aliphatic rings. The van der Waals surface area contributed by atoms with Gasteiger partial charge in [-0.3, -0.25) is 0 Å². The highest BCUT2D eigenvalue weighted by Gasteiger charge is 2.30. The molecule has 0 bridgehead atoms. The lowest BCUT2D eigenvalue weighted by atomic mass is 10.2. The van der Waals surface area contributed by atoms with Gasteiger partial charge in [0.2, 0.25) is 0 Å². The summed E-state index contributed by atoms with van der Waals surface area (Å²) in [5.41, 5.74) is -0.800. The number of benzene rings is 1. The van der Waals surface area contributed by atoms with Crippen molar-refractivity contribution in [2.24, 2.45) is 0 Å². The van der Waals surface area contributed by atoms with E-state index >= 15 is 0 Å². The summed E-state index contributed by atoms with van der Waals surface area (Å²) >= 11 is 0. The Kier molecular flexibility index (Phi) is 3.55. The topological polar surface area (TPSA) is 9.23 Å². The zero-order valence-electron chi connectivity index (χ0n) is 8.01. The van der Waals surface area contributed by atoms with E-state index in [1.807, 2.05) is 0 Å². The first-order valence-corrected chi connectivity index (χ1v) is 4.33. The number of ether oxygens (including phenoxy) is 1. The molecular weight excluding hydrogens is 212 g/mol. The normalized spacial score (nSPS) is 13.7. The third-order valence-corrected chi connectivity index (χ3v) is 1.64. The summed E-state index contributed by atoms with van der Waals surface area (Å²) in [6, 6.07) is 4.37. The first-order valence-electron chi connectivity index (χ1n) is 4.33. The van der Waals surface area contributed by atoms with Gasteiger partial charge < -0.3 is 4.74 Å². The molecule has 0 amide bonds. The number of halogens is 4. The van der Waals surface area contributed by atoms with E-state index in [0.717, 1.165) is 12.1 Å². The van der Waals surface area contributed by atoms with Crippen LogP contribution in [0, 0.1) is 0 Å². The van der Waals surface area contributed by atoms with Gasteiger partial charge in [-0.05, 0) is 25.1 Å². The quantitative estimate of drug-likeness (QED) is 0.712. The lowest BCUT2D eigenvalue weighted by Gasteiger charge is -2.10. The van der Waals surface area contributed by atoms with Gasteiger partial charge in [0.15, 0.2) is 0 Å². The van der Waals surface area contributed by atoms with E-state index < -0.39 is 17.9 Å². The lowest BCUT2D eigenvalue weighted by Crippen LogP contribution is -2.09. The van der Waals surface area contributed by atoms with Gasteiger partial charge >= 0.3 is 6.18 Å². The number of alkyl halides is 4. The van der Waals surface area contributed by atoms with Gasteiger partial charge in [-0.1, -0.05) is 6.07 Å². The van der Waals surface area contributed by atoms with Crippen molar-refractivity contribution >= 4 is 0 Å². The SMILES string of the molecule is C[C@H](F)COc1cccc(C(F)(F)F)c1. The molecule has 0 heterocycles. The van der Waals surface area contributed by atoms with E-state index in [4.69, 9.17) is 4.74 Å². The van der Waals surface area contributed by atoms with Crippen molar-refractivity contribution in [3.05, 3.63) is 29.8 Å². The molecule has 1 atom stereocenters. The fourth-order valence-electron chi connectivity index (χ4n) is 0.973. The smallest absolute Gasteiger partial charge is 0.416 e. The maximum atomic E-state index is 12.4. The minimum Gasteiger partial charge on any atom is -0.491 e. The predicted molar refractivity (Wildman–Crippen MR) is 47.5 cm³/mol. The van der Waals surface area contributed by atoms with Gasteiger partial charge in [0, 0.05) is 0 Å². The van der Waals surface area contributed by atoms with Crippen molar-refractivity contribution in [2.45, 2.75) is 19.3 Å². The van der Waals surface area contributed by atoms with Crippen LogP contribution in [-0.4, -0.2) is 12.8 Å². The fourth-order valence-corrected chi connectivity index (χ4v) is 0.973. The largest absolute Gasteiger partial charge is 0.491 e. The van der Waals surface area contributed by atoms with Crippen molar-refractivity contribution in [1.82, 2.24) is 0 Å². The highest BCUT2D eigenvalue weighted by Crippen LogP contribution is 2.31. The van der Waals surface area contributed by atoms with E-state index in [9.17, 15) is 17.6 Å². The van der Waals surface area contributed by atoms with E-state index in [0.29, 0.717) is 0 Å². The molecule has 0 unspecified atom stereocenters. The summed E-state index contributed by atoms with van der Waals surface area (Å²) in [7, 11) is 0. The molecular formula is C10H10F4O. The molecule has 15 heavy (non-hydrogen) atoms. The van der Waals surface area contributed by atoms with Crippen molar-refractivity contribution in [2.75, 3.05) is 6.61 Å². The monoisotopic (exact) mass is 222 g/mol. The molecule has 0 saturated carbocycles. The molecule has 0 aliphatic carbocycles. The van der Waals surface area contributed by atoms with Crippen molar-refractivity contribution in [1.29, 1.82) is 0 Å². The minimum absolute atomic E-state index is 0.0225. The third-order valence-electron chi connectivity index (χ3n) is 1.64. The van der Waals surface area contributed by atoms with Crippen LogP contribution >= 0.6 is 0 Å². The molecule has 5 heteroatoms. The van der Waals surface area contributed by atoms with Crippen LogP contribution in [0.1, 0.15) is 12.5 Å². The molecule has 0 aromatic heterocycles. The zero-order valence-corrected chi connectivity index (χ0v) is 8.01. The number of hydrogen-bond acceptors (Lipinski definition) is 1. The second-order valence-corrected chi connectivity index (χ2v) is 3.12. The van der Waals surface area contributed by atoms with E-state index in [1.54, 1.807) is 0 Å². The van der Waals surface area contributed by atoms with Crippen LogP contribution in [0.2, 0.25) is 0 Å². The van der Waals surface area contributed by atoms with Crippen LogP contribution in [0.3, 0.4) is 0 Å². The predicted octanol–water partition coefficient (Wildman–Crippen LogP) is 3.44. The highest BCUT2D eigenvalue weighted by atomic mass is 19.4. The molecule has 1 aromatic rings. The van der Waals surface area contributed by atoms with Crippen molar-refractivity contribution in [3.8, 4) is 5.75 Å². The maximum absolute atomic E-state index is 12.4. The average molecular weight is 222 g/mol. The van der Waals surface area contributed by atoms with Crippen molar-refractivity contribution < 1.29 is 22.3 Å². The lowest BCUT2D eigenvalue weighted by molar-refractivity contribution is -0.137. The molecule has 0 aliphatic heterocycles. The molecule has 0 spiro atoms.